The first-order chi connectivity index (χ1) is 8.67. The number of carbonyl (C=O) groups is 1. The van der Waals surface area contributed by atoms with Crippen LogP contribution in [0, 0.1) is 5.82 Å². The number of hydrogen-bond donors (Lipinski definition) is 1. The summed E-state index contributed by atoms with van der Waals surface area (Å²) >= 11 is 0. The third kappa shape index (κ3) is 2.61. The molecular formula is C13H16FNO3. The maximum Gasteiger partial charge on any atom is 0.257 e. The van der Waals surface area contributed by atoms with Gasteiger partial charge in [-0.2, -0.15) is 0 Å². The minimum absolute atomic E-state index is 0.0242. The van der Waals surface area contributed by atoms with Crippen molar-refractivity contribution in [1.82, 2.24) is 4.90 Å². The topological polar surface area (TPSA) is 49.8 Å². The fraction of sp³-hybridized carbons (Fsp3) is 0.462. The quantitative estimate of drug-likeness (QED) is 0.863. The molecular weight excluding hydrogens is 237 g/mol. The first kappa shape index (κ1) is 12.8. The average molecular weight is 253 g/mol. The lowest BCUT2D eigenvalue weighted by molar-refractivity contribution is 0.0703. The second-order valence-corrected chi connectivity index (χ2v) is 4.30. The maximum atomic E-state index is 13.8. The Morgan fingerprint density at radius 3 is 2.78 bits per heavy atom. The van der Waals surface area contributed by atoms with Crippen molar-refractivity contribution >= 4 is 5.91 Å². The zero-order valence-corrected chi connectivity index (χ0v) is 10.2. The minimum atomic E-state index is -0.595. The van der Waals surface area contributed by atoms with Crippen LogP contribution in [0.15, 0.2) is 18.2 Å². The van der Waals surface area contributed by atoms with Gasteiger partial charge in [0.05, 0.1) is 19.3 Å². The van der Waals surface area contributed by atoms with E-state index >= 15 is 0 Å². The molecule has 1 aliphatic carbocycles. The van der Waals surface area contributed by atoms with Crippen LogP contribution in [0.4, 0.5) is 4.39 Å². The van der Waals surface area contributed by atoms with Gasteiger partial charge in [0.2, 0.25) is 0 Å². The Balaban J connectivity index is 2.21. The molecule has 98 valence electrons. The van der Waals surface area contributed by atoms with E-state index in [0.717, 1.165) is 12.8 Å². The Morgan fingerprint density at radius 1 is 1.56 bits per heavy atom. The van der Waals surface area contributed by atoms with Gasteiger partial charge in [0.15, 0.2) is 0 Å². The van der Waals surface area contributed by atoms with E-state index in [1.165, 1.54) is 24.1 Å². The number of benzene rings is 1. The lowest BCUT2D eigenvalue weighted by Crippen LogP contribution is -2.36. The molecule has 0 unspecified atom stereocenters. The van der Waals surface area contributed by atoms with Gasteiger partial charge in [0, 0.05) is 18.7 Å². The van der Waals surface area contributed by atoms with E-state index in [9.17, 15) is 9.18 Å². The SMILES string of the molecule is COc1ccc(C(=O)N(CCO)C2CC2)c(F)c1. The van der Waals surface area contributed by atoms with Crippen molar-refractivity contribution in [2.24, 2.45) is 0 Å². The van der Waals surface area contributed by atoms with E-state index in [-0.39, 0.29) is 30.7 Å². The Kier molecular flexibility index (Phi) is 3.81. The van der Waals surface area contributed by atoms with Crippen molar-refractivity contribution in [3.8, 4) is 5.75 Å². The van der Waals surface area contributed by atoms with Crippen LogP contribution < -0.4 is 4.74 Å². The molecule has 0 aliphatic heterocycles. The lowest BCUT2D eigenvalue weighted by atomic mass is 10.1. The van der Waals surface area contributed by atoms with Crippen LogP contribution in [-0.2, 0) is 0 Å². The summed E-state index contributed by atoms with van der Waals surface area (Å²) in [5, 5.41) is 8.95. The van der Waals surface area contributed by atoms with E-state index in [4.69, 9.17) is 9.84 Å². The van der Waals surface area contributed by atoms with Gasteiger partial charge in [-0.05, 0) is 25.0 Å². The number of aliphatic hydroxyl groups excluding tert-OH is 1. The zero-order valence-electron chi connectivity index (χ0n) is 10.2. The highest BCUT2D eigenvalue weighted by Crippen LogP contribution is 2.29. The van der Waals surface area contributed by atoms with Gasteiger partial charge < -0.3 is 14.7 Å². The molecule has 1 saturated carbocycles. The molecule has 0 aromatic heterocycles. The lowest BCUT2D eigenvalue weighted by Gasteiger charge is -2.21. The first-order valence-electron chi connectivity index (χ1n) is 5.92. The fourth-order valence-electron chi connectivity index (χ4n) is 1.89. The molecule has 5 heteroatoms. The summed E-state index contributed by atoms with van der Waals surface area (Å²) in [7, 11) is 1.44. The highest BCUT2D eigenvalue weighted by atomic mass is 19.1. The van der Waals surface area contributed by atoms with E-state index in [1.807, 2.05) is 0 Å². The smallest absolute Gasteiger partial charge is 0.257 e. The third-order valence-corrected chi connectivity index (χ3v) is 3.00. The van der Waals surface area contributed by atoms with E-state index in [2.05, 4.69) is 0 Å². The molecule has 1 aliphatic rings. The van der Waals surface area contributed by atoms with Gasteiger partial charge in [-0.25, -0.2) is 4.39 Å². The average Bonchev–Trinajstić information content (AvgIpc) is 3.19. The summed E-state index contributed by atoms with van der Waals surface area (Å²) in [4.78, 5) is 13.7. The molecule has 4 nitrogen and oxygen atoms in total. The second-order valence-electron chi connectivity index (χ2n) is 4.30. The van der Waals surface area contributed by atoms with Crippen LogP contribution >= 0.6 is 0 Å². The molecule has 1 fully saturated rings. The number of ether oxygens (including phenoxy) is 1. The molecule has 1 N–H and O–H groups in total. The number of rotatable bonds is 5. The Labute approximate surface area is 105 Å². The van der Waals surface area contributed by atoms with Gasteiger partial charge in [-0.1, -0.05) is 0 Å². The van der Waals surface area contributed by atoms with Gasteiger partial charge in [-0.15, -0.1) is 0 Å². The number of aliphatic hydroxyl groups is 1. The Bertz CT molecular complexity index is 446. The molecule has 0 bridgehead atoms. The summed E-state index contributed by atoms with van der Waals surface area (Å²) in [6.07, 6.45) is 1.84. The molecule has 1 amide bonds. The van der Waals surface area contributed by atoms with Crippen LogP contribution in [0.2, 0.25) is 0 Å². The first-order valence-corrected chi connectivity index (χ1v) is 5.92. The standard InChI is InChI=1S/C13H16FNO3/c1-18-10-4-5-11(12(14)8-10)13(17)15(6-7-16)9-2-3-9/h4-5,8-9,16H,2-3,6-7H2,1H3. The normalized spacial score (nSPS) is 14.4. The van der Waals surface area contributed by atoms with E-state index in [1.54, 1.807) is 6.07 Å². The Morgan fingerprint density at radius 2 is 2.28 bits per heavy atom. The number of amides is 1. The van der Waals surface area contributed by atoms with Crippen molar-refractivity contribution < 1.29 is 19.0 Å². The largest absolute Gasteiger partial charge is 0.497 e. The highest BCUT2D eigenvalue weighted by Gasteiger charge is 2.33. The van der Waals surface area contributed by atoms with Crippen molar-refractivity contribution in [2.45, 2.75) is 18.9 Å². The van der Waals surface area contributed by atoms with Crippen LogP contribution in [0.25, 0.3) is 0 Å². The molecule has 18 heavy (non-hydrogen) atoms. The summed E-state index contributed by atoms with van der Waals surface area (Å²) in [6, 6.07) is 4.31. The molecule has 0 spiro atoms. The molecule has 0 saturated heterocycles. The number of carbonyl (C=O) groups excluding carboxylic acids is 1. The predicted molar refractivity (Wildman–Crippen MR) is 64.1 cm³/mol. The van der Waals surface area contributed by atoms with Crippen LogP contribution in [0.1, 0.15) is 23.2 Å². The summed E-state index contributed by atoms with van der Waals surface area (Å²) in [6.45, 7) is 0.134. The van der Waals surface area contributed by atoms with Crippen molar-refractivity contribution in [2.75, 3.05) is 20.3 Å². The van der Waals surface area contributed by atoms with Crippen molar-refractivity contribution in [3.63, 3.8) is 0 Å². The molecule has 2 rings (SSSR count). The minimum Gasteiger partial charge on any atom is -0.497 e. The van der Waals surface area contributed by atoms with Crippen LogP contribution in [0.5, 0.6) is 5.75 Å². The van der Waals surface area contributed by atoms with Crippen LogP contribution in [-0.4, -0.2) is 42.2 Å². The number of nitrogens with zero attached hydrogens (tertiary/aromatic N) is 1. The zero-order chi connectivity index (χ0) is 13.1. The number of hydrogen-bond acceptors (Lipinski definition) is 3. The highest BCUT2D eigenvalue weighted by molar-refractivity contribution is 5.95. The Hall–Kier alpha value is -1.62. The monoisotopic (exact) mass is 253 g/mol. The van der Waals surface area contributed by atoms with Gasteiger partial charge in [0.1, 0.15) is 11.6 Å². The van der Waals surface area contributed by atoms with Crippen molar-refractivity contribution in [3.05, 3.63) is 29.6 Å². The van der Waals surface area contributed by atoms with Crippen LogP contribution in [0.3, 0.4) is 0 Å². The summed E-state index contributed by atoms with van der Waals surface area (Å²) in [5.74, 6) is -0.584. The molecule has 0 radical (unpaired) electrons. The van der Waals surface area contributed by atoms with Crippen molar-refractivity contribution in [1.29, 1.82) is 0 Å². The predicted octanol–water partition coefficient (Wildman–Crippen LogP) is 1.43. The van der Waals surface area contributed by atoms with Gasteiger partial charge >= 0.3 is 0 Å². The second kappa shape index (κ2) is 5.35. The molecule has 0 heterocycles. The third-order valence-electron chi connectivity index (χ3n) is 3.00. The van der Waals surface area contributed by atoms with Gasteiger partial charge in [-0.3, -0.25) is 4.79 Å². The molecule has 1 aromatic carbocycles. The molecule has 1 aromatic rings. The van der Waals surface area contributed by atoms with E-state index < -0.39 is 5.82 Å². The number of halogens is 1. The fourth-order valence-corrected chi connectivity index (χ4v) is 1.89. The summed E-state index contributed by atoms with van der Waals surface area (Å²) in [5.41, 5.74) is 0.0242. The van der Waals surface area contributed by atoms with E-state index in [0.29, 0.717) is 5.75 Å². The van der Waals surface area contributed by atoms with Gasteiger partial charge in [0.25, 0.3) is 5.91 Å². The maximum absolute atomic E-state index is 13.8. The summed E-state index contributed by atoms with van der Waals surface area (Å²) < 4.78 is 18.7. The number of methoxy groups -OCH3 is 1. The molecule has 0 atom stereocenters.